The van der Waals surface area contributed by atoms with Gasteiger partial charge in [0.2, 0.25) is 0 Å². The van der Waals surface area contributed by atoms with Crippen LogP contribution in [0.1, 0.15) is 27.8 Å². The highest BCUT2D eigenvalue weighted by Gasteiger charge is 2.17. The van der Waals surface area contributed by atoms with E-state index in [1.54, 1.807) is 0 Å². The average Bonchev–Trinajstić information content (AvgIpc) is 3.26. The highest BCUT2D eigenvalue weighted by Crippen LogP contribution is 2.09. The predicted molar refractivity (Wildman–Crippen MR) is 222 cm³/mol. The average molecular weight is 779 g/mol. The molecule has 0 spiro atoms. The van der Waals surface area contributed by atoms with Gasteiger partial charge >= 0.3 is 5.97 Å². The molecule has 0 saturated carbocycles. The summed E-state index contributed by atoms with van der Waals surface area (Å²) in [5, 5.41) is 0. The normalized spacial score (nSPS) is 11.7. The van der Waals surface area contributed by atoms with Gasteiger partial charge in [-0.25, -0.2) is 0 Å². The van der Waals surface area contributed by atoms with Crippen molar-refractivity contribution in [1.29, 1.82) is 0 Å². The van der Waals surface area contributed by atoms with E-state index in [-0.39, 0.29) is 24.2 Å². The van der Waals surface area contributed by atoms with Gasteiger partial charge in [-0.1, -0.05) is 152 Å². The van der Waals surface area contributed by atoms with Gasteiger partial charge in [0.25, 0.3) is 0 Å². The summed E-state index contributed by atoms with van der Waals surface area (Å²) < 4.78 is 40.7. The molecule has 0 aliphatic rings. The van der Waals surface area contributed by atoms with Crippen LogP contribution in [0.3, 0.4) is 0 Å². The molecular formula is C47H58N2O8. The van der Waals surface area contributed by atoms with Gasteiger partial charge in [-0.05, 0) is 34.2 Å². The number of carbonyl (C=O) groups is 1. The number of hydrogen-bond donors (Lipinski definition) is 2. The molecule has 0 radical (unpaired) electrons. The number of rotatable bonds is 25. The zero-order chi connectivity index (χ0) is 40.2. The zero-order valence-electron chi connectivity index (χ0n) is 32.9. The van der Waals surface area contributed by atoms with Crippen molar-refractivity contribution in [2.24, 2.45) is 11.5 Å². The summed E-state index contributed by atoms with van der Waals surface area (Å²) in [6, 6.07) is 49.0. The third-order valence-corrected chi connectivity index (χ3v) is 8.56. The van der Waals surface area contributed by atoms with Gasteiger partial charge in [-0.3, -0.25) is 4.79 Å². The van der Waals surface area contributed by atoms with Gasteiger partial charge in [-0.15, -0.1) is 0 Å². The Morgan fingerprint density at radius 3 is 1.00 bits per heavy atom. The van der Waals surface area contributed by atoms with Crippen LogP contribution >= 0.6 is 0 Å². The highest BCUT2D eigenvalue weighted by molar-refractivity contribution is 5.75. The first-order valence-corrected chi connectivity index (χ1v) is 19.3. The minimum atomic E-state index is -0.563. The molecule has 4 N–H and O–H groups in total. The monoisotopic (exact) mass is 778 g/mol. The van der Waals surface area contributed by atoms with Crippen LogP contribution < -0.4 is 11.5 Å². The molecule has 0 fully saturated rings. The molecule has 0 heterocycles. The van der Waals surface area contributed by atoms with Crippen LogP contribution in [0.4, 0.5) is 0 Å². The molecule has 10 heteroatoms. The van der Waals surface area contributed by atoms with Crippen molar-refractivity contribution in [3.8, 4) is 0 Å². The predicted octanol–water partition coefficient (Wildman–Crippen LogP) is 6.68. The summed E-state index contributed by atoms with van der Waals surface area (Å²) in [4.78, 5) is 11.0. The standard InChI is InChI=1S/C37H45NO6.C10H13NO2/c38-35(25-43-36(27-39-21-31-13-5-1-6-14-31)28-40-22-32-15-7-2-8-16-32)26-44-37(29-41-23-33-17-9-3-10-18-33)30-42-24-34-19-11-4-12-20-34;1-13-10(12)9(11)7-8-5-3-2-4-6-8/h1-20,35-37H,21-30,38H2;2-6,9H,7,11H2,1H3. The highest BCUT2D eigenvalue weighted by atomic mass is 16.6. The summed E-state index contributed by atoms with van der Waals surface area (Å²) >= 11 is 0. The maximum atomic E-state index is 11.0. The van der Waals surface area contributed by atoms with E-state index < -0.39 is 6.04 Å². The number of hydrogen-bond acceptors (Lipinski definition) is 10. The lowest BCUT2D eigenvalue weighted by Crippen LogP contribution is -2.38. The van der Waals surface area contributed by atoms with Crippen molar-refractivity contribution in [1.82, 2.24) is 0 Å². The zero-order valence-corrected chi connectivity index (χ0v) is 32.9. The molecule has 304 valence electrons. The van der Waals surface area contributed by atoms with Gasteiger partial charge in [0.15, 0.2) is 0 Å². The Morgan fingerprint density at radius 2 is 0.719 bits per heavy atom. The molecule has 0 saturated heterocycles. The molecular weight excluding hydrogens is 721 g/mol. The lowest BCUT2D eigenvalue weighted by atomic mass is 10.1. The molecule has 0 aromatic heterocycles. The number of esters is 1. The molecule has 10 nitrogen and oxygen atoms in total. The minimum Gasteiger partial charge on any atom is -0.468 e. The van der Waals surface area contributed by atoms with Crippen molar-refractivity contribution >= 4 is 5.97 Å². The van der Waals surface area contributed by atoms with Crippen molar-refractivity contribution in [2.45, 2.75) is 57.1 Å². The van der Waals surface area contributed by atoms with Gasteiger partial charge < -0.3 is 44.6 Å². The van der Waals surface area contributed by atoms with Crippen LogP contribution in [0.15, 0.2) is 152 Å². The van der Waals surface area contributed by atoms with E-state index in [0.717, 1.165) is 27.8 Å². The summed E-state index contributed by atoms with van der Waals surface area (Å²) in [5.74, 6) is -0.371. The Hall–Kier alpha value is -4.75. The number of ether oxygens (including phenoxy) is 7. The van der Waals surface area contributed by atoms with E-state index in [2.05, 4.69) is 4.74 Å². The van der Waals surface area contributed by atoms with Crippen LogP contribution in [0, 0.1) is 0 Å². The van der Waals surface area contributed by atoms with Crippen molar-refractivity contribution < 1.29 is 38.0 Å². The quantitative estimate of drug-likeness (QED) is 0.0619. The third-order valence-electron chi connectivity index (χ3n) is 8.56. The van der Waals surface area contributed by atoms with Crippen LogP contribution in [0.5, 0.6) is 0 Å². The fourth-order valence-corrected chi connectivity index (χ4v) is 5.49. The lowest BCUT2D eigenvalue weighted by Gasteiger charge is -2.23. The first-order valence-electron chi connectivity index (χ1n) is 19.3. The molecule has 5 aromatic carbocycles. The van der Waals surface area contributed by atoms with Crippen LogP contribution in [0.25, 0.3) is 0 Å². The molecule has 0 aliphatic heterocycles. The SMILES string of the molecule is COC(=O)C(N)Cc1ccccc1.NC(COC(COCc1ccccc1)COCc1ccccc1)COC(COCc1ccccc1)COCc1ccccc1. The van der Waals surface area contributed by atoms with Gasteiger partial charge in [0.1, 0.15) is 18.2 Å². The van der Waals surface area contributed by atoms with Gasteiger partial charge in [0.05, 0.1) is 79.2 Å². The first kappa shape index (κ1) is 45.0. The molecule has 0 bridgehead atoms. The largest absolute Gasteiger partial charge is 0.468 e. The molecule has 5 aromatic rings. The van der Waals surface area contributed by atoms with Crippen molar-refractivity contribution in [3.63, 3.8) is 0 Å². The second-order valence-electron chi connectivity index (χ2n) is 13.5. The topological polar surface area (TPSA) is 134 Å². The number of carbonyl (C=O) groups excluding carboxylic acids is 1. The summed E-state index contributed by atoms with van der Waals surface area (Å²) in [5.41, 5.74) is 17.5. The van der Waals surface area contributed by atoms with E-state index in [4.69, 9.17) is 39.9 Å². The Bertz CT molecular complexity index is 1530. The van der Waals surface area contributed by atoms with Crippen LogP contribution in [0.2, 0.25) is 0 Å². The van der Waals surface area contributed by atoms with Gasteiger partial charge in [-0.2, -0.15) is 0 Å². The van der Waals surface area contributed by atoms with Crippen LogP contribution in [-0.4, -0.2) is 77.0 Å². The Labute approximate surface area is 338 Å². The fourth-order valence-electron chi connectivity index (χ4n) is 5.49. The second-order valence-corrected chi connectivity index (χ2v) is 13.5. The van der Waals surface area contributed by atoms with Crippen LogP contribution in [-0.2, 0) is 70.8 Å². The number of methoxy groups -OCH3 is 1. The molecule has 57 heavy (non-hydrogen) atoms. The van der Waals surface area contributed by atoms with Crippen molar-refractivity contribution in [2.75, 3.05) is 46.8 Å². The van der Waals surface area contributed by atoms with Gasteiger partial charge in [0, 0.05) is 0 Å². The molecule has 1 atom stereocenters. The lowest BCUT2D eigenvalue weighted by molar-refractivity contribution is -0.142. The van der Waals surface area contributed by atoms with E-state index in [9.17, 15) is 4.79 Å². The minimum absolute atomic E-state index is 0.271. The first-order chi connectivity index (χ1) is 28.0. The second kappa shape index (κ2) is 27.8. The Kier molecular flexibility index (Phi) is 21.9. The maximum Gasteiger partial charge on any atom is 0.322 e. The van der Waals surface area contributed by atoms with Crippen molar-refractivity contribution in [3.05, 3.63) is 179 Å². The Morgan fingerprint density at radius 1 is 0.439 bits per heavy atom. The van der Waals surface area contributed by atoms with E-state index in [0.29, 0.717) is 72.5 Å². The van der Waals surface area contributed by atoms with E-state index >= 15 is 0 Å². The molecule has 1 unspecified atom stereocenters. The Balaban J connectivity index is 0.000000469. The maximum absolute atomic E-state index is 11.0. The number of nitrogens with two attached hydrogens (primary N) is 2. The molecule has 0 aliphatic carbocycles. The summed E-state index contributed by atoms with van der Waals surface area (Å²) in [6.07, 6.45) is -0.0200. The number of benzene rings is 5. The summed E-state index contributed by atoms with van der Waals surface area (Å²) in [6.45, 7) is 4.17. The molecule has 5 rings (SSSR count). The summed E-state index contributed by atoms with van der Waals surface area (Å²) in [7, 11) is 1.34. The molecule has 0 amide bonds. The smallest absolute Gasteiger partial charge is 0.322 e. The third kappa shape index (κ3) is 19.8. The fraction of sp³-hybridized carbons (Fsp3) is 0.340. The van der Waals surface area contributed by atoms with E-state index in [1.165, 1.54) is 7.11 Å². The van der Waals surface area contributed by atoms with E-state index in [1.807, 2.05) is 152 Å².